The highest BCUT2D eigenvalue weighted by molar-refractivity contribution is 9.10. The fourth-order valence-electron chi connectivity index (χ4n) is 2.47. The molecule has 0 aliphatic carbocycles. The van der Waals surface area contributed by atoms with Gasteiger partial charge in [-0.05, 0) is 28.1 Å². The number of aryl methyl sites for hydroxylation is 1. The van der Waals surface area contributed by atoms with Gasteiger partial charge in [0.05, 0.1) is 19.5 Å². The summed E-state index contributed by atoms with van der Waals surface area (Å²) in [5.74, 6) is 1.71. The normalized spacial score (nSPS) is 11.3. The third-order valence-electron chi connectivity index (χ3n) is 3.58. The molecule has 0 aromatic carbocycles. The number of rotatable bonds is 3. The van der Waals surface area contributed by atoms with Crippen molar-refractivity contribution in [3.63, 3.8) is 0 Å². The van der Waals surface area contributed by atoms with Gasteiger partial charge in [0.25, 0.3) is 0 Å². The van der Waals surface area contributed by atoms with Crippen LogP contribution in [-0.4, -0.2) is 31.3 Å². The van der Waals surface area contributed by atoms with Crippen LogP contribution in [0.15, 0.2) is 41.5 Å². The van der Waals surface area contributed by atoms with Crippen molar-refractivity contribution in [2.45, 2.75) is 0 Å². The quantitative estimate of drug-likeness (QED) is 0.551. The van der Waals surface area contributed by atoms with Gasteiger partial charge in [0.2, 0.25) is 0 Å². The number of fused-ring (bicyclic) bond motifs is 2. The van der Waals surface area contributed by atoms with Crippen LogP contribution in [0.4, 0.5) is 0 Å². The fraction of sp³-hybridized carbons (Fsp3) is 0.133. The van der Waals surface area contributed by atoms with Crippen molar-refractivity contribution in [2.24, 2.45) is 7.05 Å². The molecule has 0 unspecified atom stereocenters. The van der Waals surface area contributed by atoms with Gasteiger partial charge >= 0.3 is 0 Å². The highest BCUT2D eigenvalue weighted by atomic mass is 79.9. The molecule has 23 heavy (non-hydrogen) atoms. The number of pyridine rings is 2. The number of hydrogen-bond acceptors (Lipinski definition) is 5. The topological polar surface area (TPSA) is 66.5 Å². The van der Waals surface area contributed by atoms with E-state index in [0.29, 0.717) is 27.6 Å². The Labute approximate surface area is 139 Å². The first kappa shape index (κ1) is 14.0. The van der Waals surface area contributed by atoms with Crippen LogP contribution in [-0.2, 0) is 7.05 Å². The van der Waals surface area contributed by atoms with Crippen LogP contribution >= 0.6 is 15.9 Å². The number of halogens is 1. The van der Waals surface area contributed by atoms with Crippen LogP contribution in [0.3, 0.4) is 0 Å². The van der Waals surface area contributed by atoms with Crippen LogP contribution in [0, 0.1) is 0 Å². The Morgan fingerprint density at radius 3 is 2.87 bits per heavy atom. The summed E-state index contributed by atoms with van der Waals surface area (Å²) in [5, 5.41) is 4.26. The molecule has 0 N–H and O–H groups in total. The summed E-state index contributed by atoms with van der Waals surface area (Å²) in [6, 6.07) is 5.77. The molecule has 0 radical (unpaired) electrons. The first-order chi connectivity index (χ1) is 11.2. The van der Waals surface area contributed by atoms with Crippen molar-refractivity contribution in [2.75, 3.05) is 7.11 Å². The molecule has 0 aliphatic heterocycles. The van der Waals surface area contributed by atoms with E-state index in [1.165, 1.54) is 0 Å². The van der Waals surface area contributed by atoms with Gasteiger partial charge in [-0.15, -0.1) is 0 Å². The van der Waals surface area contributed by atoms with E-state index in [9.17, 15) is 0 Å². The number of nitrogens with zero attached hydrogens (tertiary/aromatic N) is 5. The van der Waals surface area contributed by atoms with E-state index in [2.05, 4.69) is 31.0 Å². The highest BCUT2D eigenvalue weighted by Gasteiger charge is 2.18. The largest absolute Gasteiger partial charge is 0.491 e. The molecule has 0 saturated heterocycles. The minimum Gasteiger partial charge on any atom is -0.491 e. The number of imidazole rings is 1. The van der Waals surface area contributed by atoms with Crippen LogP contribution in [0.25, 0.3) is 16.7 Å². The molecule has 0 spiro atoms. The molecular weight excluding hydrogens is 362 g/mol. The zero-order chi connectivity index (χ0) is 16.0. The van der Waals surface area contributed by atoms with Crippen molar-refractivity contribution >= 4 is 32.6 Å². The Hall–Kier alpha value is -2.61. The van der Waals surface area contributed by atoms with E-state index in [-0.39, 0.29) is 0 Å². The molecule has 0 saturated carbocycles. The second-order valence-corrected chi connectivity index (χ2v) is 5.62. The van der Waals surface area contributed by atoms with Gasteiger partial charge in [-0.25, -0.2) is 14.5 Å². The zero-order valence-corrected chi connectivity index (χ0v) is 14.0. The average molecular weight is 374 g/mol. The summed E-state index contributed by atoms with van der Waals surface area (Å²) < 4.78 is 15.8. The molecule has 4 rings (SSSR count). The summed E-state index contributed by atoms with van der Waals surface area (Å²) in [6.07, 6.45) is 5.13. The first-order valence-electron chi connectivity index (χ1n) is 6.84. The molecule has 4 aromatic heterocycles. The lowest BCUT2D eigenvalue weighted by Gasteiger charge is -2.10. The molecule has 116 valence electrons. The van der Waals surface area contributed by atoms with E-state index in [1.807, 2.05) is 36.0 Å². The first-order valence-corrected chi connectivity index (χ1v) is 7.63. The second-order valence-electron chi connectivity index (χ2n) is 4.91. The average Bonchev–Trinajstić information content (AvgIpc) is 3.10. The molecule has 8 heteroatoms. The fourth-order valence-corrected chi connectivity index (χ4v) is 2.82. The molecule has 0 bridgehead atoms. The molecule has 7 nitrogen and oxygen atoms in total. The Morgan fingerprint density at radius 2 is 2.04 bits per heavy atom. The maximum Gasteiger partial charge on any atom is 0.190 e. The molecule has 0 aliphatic rings. The van der Waals surface area contributed by atoms with E-state index in [0.717, 1.165) is 11.0 Å². The standard InChI is InChI=1S/C15H12BrN5O2/c1-20-12-13(22-2)11(7-17-14(12)19-15(20)16)23-10-8-18-21-6-4-3-5-9(10)21/h3-8H,1-2H3. The number of ether oxygens (including phenoxy) is 2. The summed E-state index contributed by atoms with van der Waals surface area (Å²) in [7, 11) is 3.47. The van der Waals surface area contributed by atoms with Gasteiger partial charge in [-0.2, -0.15) is 5.10 Å². The second kappa shape index (κ2) is 5.24. The lowest BCUT2D eigenvalue weighted by Crippen LogP contribution is -1.96. The van der Waals surface area contributed by atoms with Crippen LogP contribution in [0.2, 0.25) is 0 Å². The molecule has 0 amide bonds. The smallest absolute Gasteiger partial charge is 0.190 e. The van der Waals surface area contributed by atoms with Crippen molar-refractivity contribution in [1.82, 2.24) is 24.1 Å². The van der Waals surface area contributed by atoms with E-state index in [1.54, 1.807) is 24.0 Å². The number of hydrogen-bond donors (Lipinski definition) is 0. The number of aromatic nitrogens is 5. The van der Waals surface area contributed by atoms with E-state index < -0.39 is 0 Å². The maximum atomic E-state index is 6.00. The van der Waals surface area contributed by atoms with Crippen molar-refractivity contribution < 1.29 is 9.47 Å². The molecule has 4 heterocycles. The van der Waals surface area contributed by atoms with Gasteiger partial charge in [0.15, 0.2) is 27.6 Å². The number of methoxy groups -OCH3 is 1. The van der Waals surface area contributed by atoms with Gasteiger partial charge in [0.1, 0.15) is 11.0 Å². The lowest BCUT2D eigenvalue weighted by atomic mass is 10.3. The Balaban J connectivity index is 1.87. The maximum absolute atomic E-state index is 6.00. The summed E-state index contributed by atoms with van der Waals surface area (Å²) >= 11 is 3.39. The third kappa shape index (κ3) is 2.14. The van der Waals surface area contributed by atoms with Crippen LogP contribution in [0.5, 0.6) is 17.2 Å². The summed E-state index contributed by atoms with van der Waals surface area (Å²) in [4.78, 5) is 8.66. The third-order valence-corrected chi connectivity index (χ3v) is 4.29. The predicted octanol–water partition coefficient (Wildman–Crippen LogP) is 3.18. The molecule has 0 fully saturated rings. The van der Waals surface area contributed by atoms with Crippen molar-refractivity contribution in [3.05, 3.63) is 41.5 Å². The van der Waals surface area contributed by atoms with Gasteiger partial charge in [-0.1, -0.05) is 6.07 Å². The Morgan fingerprint density at radius 1 is 1.17 bits per heavy atom. The van der Waals surface area contributed by atoms with E-state index >= 15 is 0 Å². The monoisotopic (exact) mass is 373 g/mol. The van der Waals surface area contributed by atoms with Crippen molar-refractivity contribution in [1.29, 1.82) is 0 Å². The zero-order valence-electron chi connectivity index (χ0n) is 12.4. The van der Waals surface area contributed by atoms with Crippen LogP contribution in [0.1, 0.15) is 0 Å². The minimum absolute atomic E-state index is 0.509. The predicted molar refractivity (Wildman–Crippen MR) is 88.0 cm³/mol. The summed E-state index contributed by atoms with van der Waals surface area (Å²) in [6.45, 7) is 0. The van der Waals surface area contributed by atoms with Gasteiger partial charge in [0, 0.05) is 13.2 Å². The van der Waals surface area contributed by atoms with Crippen LogP contribution < -0.4 is 9.47 Å². The Bertz CT molecular complexity index is 1020. The SMILES string of the molecule is COc1c(Oc2cnn3ccccc23)cnc2nc(Br)n(C)c12. The Kier molecular flexibility index (Phi) is 3.19. The summed E-state index contributed by atoms with van der Waals surface area (Å²) in [5.41, 5.74) is 2.21. The molecule has 0 atom stereocenters. The highest BCUT2D eigenvalue weighted by Crippen LogP contribution is 2.38. The van der Waals surface area contributed by atoms with Gasteiger partial charge in [-0.3, -0.25) is 0 Å². The minimum atomic E-state index is 0.509. The van der Waals surface area contributed by atoms with E-state index in [4.69, 9.17) is 9.47 Å². The molecular formula is C15H12BrN5O2. The molecule has 4 aromatic rings. The van der Waals surface area contributed by atoms with Crippen molar-refractivity contribution in [3.8, 4) is 17.2 Å². The van der Waals surface area contributed by atoms with Gasteiger partial charge < -0.3 is 14.0 Å². The lowest BCUT2D eigenvalue weighted by molar-refractivity contribution is 0.382.